The number of nitrogens with one attached hydrogen (secondary N) is 1. The Balaban J connectivity index is 1.80. The smallest absolute Gasteiger partial charge is 0.164 e. The Bertz CT molecular complexity index is 1160. The minimum Gasteiger partial charge on any atom is -0.497 e. The molecule has 0 spiro atoms. The number of dihydropyridines is 1. The molecule has 0 aromatic heterocycles. The predicted molar refractivity (Wildman–Crippen MR) is 121 cm³/mol. The van der Waals surface area contributed by atoms with Gasteiger partial charge in [0.05, 0.1) is 38.9 Å². The fourth-order valence-electron chi connectivity index (χ4n) is 4.75. The number of methoxy groups -OCH3 is 3. The summed E-state index contributed by atoms with van der Waals surface area (Å²) in [7, 11) is 4.78. The Morgan fingerprint density at radius 2 is 1.75 bits per heavy atom. The molecule has 0 amide bonds. The van der Waals surface area contributed by atoms with Gasteiger partial charge in [-0.15, -0.1) is 0 Å². The monoisotopic (exact) mass is 430 g/mol. The van der Waals surface area contributed by atoms with Crippen LogP contribution in [0.3, 0.4) is 0 Å². The molecule has 1 heterocycles. The van der Waals surface area contributed by atoms with E-state index in [-0.39, 0.29) is 11.7 Å². The molecule has 2 aromatic rings. The second kappa shape index (κ2) is 8.80. The van der Waals surface area contributed by atoms with Crippen LogP contribution in [0.25, 0.3) is 0 Å². The van der Waals surface area contributed by atoms with E-state index in [1.165, 1.54) is 0 Å². The third-order valence-corrected chi connectivity index (χ3v) is 6.28. The van der Waals surface area contributed by atoms with Gasteiger partial charge < -0.3 is 19.5 Å². The average Bonchev–Trinajstić information content (AvgIpc) is 2.82. The minimum absolute atomic E-state index is 0.0368. The normalized spacial score (nSPS) is 20.3. The van der Waals surface area contributed by atoms with Crippen LogP contribution in [0.2, 0.25) is 0 Å². The summed E-state index contributed by atoms with van der Waals surface area (Å²) in [5, 5.41) is 13.3. The molecule has 0 saturated heterocycles. The summed E-state index contributed by atoms with van der Waals surface area (Å²) < 4.78 is 16.4. The highest BCUT2D eigenvalue weighted by Crippen LogP contribution is 2.48. The van der Waals surface area contributed by atoms with E-state index in [4.69, 9.17) is 14.2 Å². The lowest BCUT2D eigenvalue weighted by Gasteiger charge is -2.36. The van der Waals surface area contributed by atoms with Gasteiger partial charge in [-0.25, -0.2) is 0 Å². The molecule has 0 saturated carbocycles. The molecule has 164 valence electrons. The zero-order valence-corrected chi connectivity index (χ0v) is 18.7. The number of carbonyl (C=O) groups excluding carboxylic acids is 1. The van der Waals surface area contributed by atoms with Crippen LogP contribution in [-0.2, 0) is 4.79 Å². The number of hydrogen-bond donors (Lipinski definition) is 1. The molecule has 4 rings (SSSR count). The Morgan fingerprint density at radius 1 is 1.00 bits per heavy atom. The molecule has 1 aliphatic heterocycles. The van der Waals surface area contributed by atoms with Crippen LogP contribution in [0.15, 0.2) is 65.0 Å². The molecule has 6 nitrogen and oxygen atoms in total. The first-order chi connectivity index (χ1) is 15.5. The van der Waals surface area contributed by atoms with Crippen molar-refractivity contribution in [1.29, 1.82) is 5.26 Å². The topological polar surface area (TPSA) is 80.6 Å². The molecule has 2 aliphatic rings. The van der Waals surface area contributed by atoms with Crippen LogP contribution in [0.4, 0.5) is 0 Å². The van der Waals surface area contributed by atoms with E-state index in [2.05, 4.69) is 11.4 Å². The van der Waals surface area contributed by atoms with Gasteiger partial charge >= 0.3 is 0 Å². The number of allylic oxidation sites excluding steroid dienone is 4. The SMILES string of the molecule is COc1ccc([C@H]2CC(=O)C3=C(C2)NC(C)=C(C#N)[C@@H]3c2cccc(OC)c2OC)cc1. The van der Waals surface area contributed by atoms with Crippen molar-refractivity contribution >= 4 is 5.78 Å². The number of para-hydroxylation sites is 1. The van der Waals surface area contributed by atoms with Gasteiger partial charge in [-0.3, -0.25) is 4.79 Å². The van der Waals surface area contributed by atoms with Gasteiger partial charge in [0.1, 0.15) is 5.75 Å². The zero-order valence-electron chi connectivity index (χ0n) is 18.7. The van der Waals surface area contributed by atoms with Crippen LogP contribution in [0.5, 0.6) is 17.2 Å². The molecule has 0 fully saturated rings. The molecule has 6 heteroatoms. The number of hydrogen-bond acceptors (Lipinski definition) is 6. The van der Waals surface area contributed by atoms with Crippen molar-refractivity contribution in [2.24, 2.45) is 0 Å². The standard InChI is InChI=1S/C26H26N2O4/c1-15-20(14-27)24(19-6-5-7-23(31-3)26(19)32-4)25-21(28-15)12-17(13-22(25)29)16-8-10-18(30-2)11-9-16/h5-11,17,24,28H,12-13H2,1-4H3/t17-,24+/m1/s1. The summed E-state index contributed by atoms with van der Waals surface area (Å²) in [4.78, 5) is 13.5. The Labute approximate surface area is 188 Å². The summed E-state index contributed by atoms with van der Waals surface area (Å²) in [5.41, 5.74) is 4.64. The van der Waals surface area contributed by atoms with Gasteiger partial charge in [0.2, 0.25) is 0 Å². The summed E-state index contributed by atoms with van der Waals surface area (Å²) in [6.45, 7) is 1.88. The summed E-state index contributed by atoms with van der Waals surface area (Å²) in [6, 6.07) is 15.7. The molecule has 2 atom stereocenters. The maximum absolute atomic E-state index is 13.5. The van der Waals surface area contributed by atoms with Gasteiger partial charge in [-0.05, 0) is 43.0 Å². The van der Waals surface area contributed by atoms with Gasteiger partial charge in [0.25, 0.3) is 0 Å². The van der Waals surface area contributed by atoms with Gasteiger partial charge in [0.15, 0.2) is 17.3 Å². The lowest BCUT2D eigenvalue weighted by atomic mass is 9.72. The van der Waals surface area contributed by atoms with E-state index in [0.29, 0.717) is 35.5 Å². The van der Waals surface area contributed by atoms with Crippen molar-refractivity contribution in [2.75, 3.05) is 21.3 Å². The number of ketones is 1. The number of nitrogens with zero attached hydrogens (tertiary/aromatic N) is 1. The van der Waals surface area contributed by atoms with Crippen LogP contribution >= 0.6 is 0 Å². The first kappa shape index (κ1) is 21.5. The first-order valence-electron chi connectivity index (χ1n) is 10.5. The summed E-state index contributed by atoms with van der Waals surface area (Å²) >= 11 is 0. The summed E-state index contributed by atoms with van der Waals surface area (Å²) in [5.74, 6) is 1.50. The maximum Gasteiger partial charge on any atom is 0.164 e. The summed E-state index contributed by atoms with van der Waals surface area (Å²) in [6.07, 6.45) is 1.07. The third kappa shape index (κ3) is 3.60. The molecule has 1 N–H and O–H groups in total. The van der Waals surface area contributed by atoms with Crippen molar-refractivity contribution in [2.45, 2.75) is 31.6 Å². The minimum atomic E-state index is -0.495. The van der Waals surface area contributed by atoms with E-state index in [1.807, 2.05) is 49.4 Å². The number of carbonyl (C=O) groups is 1. The van der Waals surface area contributed by atoms with E-state index in [1.54, 1.807) is 21.3 Å². The van der Waals surface area contributed by atoms with E-state index in [0.717, 1.165) is 28.3 Å². The van der Waals surface area contributed by atoms with Crippen molar-refractivity contribution in [3.05, 3.63) is 76.1 Å². The highest BCUT2D eigenvalue weighted by molar-refractivity contribution is 6.00. The van der Waals surface area contributed by atoms with Crippen molar-refractivity contribution < 1.29 is 19.0 Å². The molecule has 0 unspecified atom stereocenters. The molecule has 1 aliphatic carbocycles. The molecule has 0 radical (unpaired) electrons. The van der Waals surface area contributed by atoms with Gasteiger partial charge in [-0.2, -0.15) is 5.26 Å². The maximum atomic E-state index is 13.5. The molecular weight excluding hydrogens is 404 g/mol. The van der Waals surface area contributed by atoms with Crippen LogP contribution in [0.1, 0.15) is 42.7 Å². The van der Waals surface area contributed by atoms with Gasteiger partial charge in [-0.1, -0.05) is 24.3 Å². The number of nitriles is 1. The fourth-order valence-corrected chi connectivity index (χ4v) is 4.75. The lowest BCUT2D eigenvalue weighted by molar-refractivity contribution is -0.116. The van der Waals surface area contributed by atoms with Crippen molar-refractivity contribution in [1.82, 2.24) is 5.32 Å². The number of ether oxygens (including phenoxy) is 3. The highest BCUT2D eigenvalue weighted by Gasteiger charge is 2.40. The largest absolute Gasteiger partial charge is 0.497 e. The number of rotatable bonds is 5. The predicted octanol–water partition coefficient (Wildman–Crippen LogP) is 4.60. The van der Waals surface area contributed by atoms with E-state index >= 15 is 0 Å². The van der Waals surface area contributed by atoms with Gasteiger partial charge in [0, 0.05) is 29.0 Å². The quantitative estimate of drug-likeness (QED) is 0.747. The Morgan fingerprint density at radius 3 is 2.38 bits per heavy atom. The van der Waals surface area contributed by atoms with E-state index < -0.39 is 5.92 Å². The molecule has 2 aromatic carbocycles. The lowest BCUT2D eigenvalue weighted by Crippen LogP contribution is -2.33. The van der Waals surface area contributed by atoms with Crippen molar-refractivity contribution in [3.63, 3.8) is 0 Å². The molecule has 32 heavy (non-hydrogen) atoms. The zero-order chi connectivity index (χ0) is 22.8. The van der Waals surface area contributed by atoms with Crippen LogP contribution in [-0.4, -0.2) is 27.1 Å². The van der Waals surface area contributed by atoms with Crippen molar-refractivity contribution in [3.8, 4) is 23.3 Å². The Hall–Kier alpha value is -3.72. The van der Waals surface area contributed by atoms with Crippen LogP contribution < -0.4 is 19.5 Å². The molecule has 0 bridgehead atoms. The van der Waals surface area contributed by atoms with Crippen LogP contribution in [0, 0.1) is 11.3 Å². The fraction of sp³-hybridized carbons (Fsp3) is 0.308. The number of benzene rings is 2. The number of Topliss-reactive ketones (excluding diaryl/α,β-unsaturated/α-hetero) is 1. The third-order valence-electron chi connectivity index (χ3n) is 6.28. The second-order valence-electron chi connectivity index (χ2n) is 7.98. The first-order valence-corrected chi connectivity index (χ1v) is 10.5. The molecular formula is C26H26N2O4. The Kier molecular flexibility index (Phi) is 5.91. The van der Waals surface area contributed by atoms with E-state index in [9.17, 15) is 10.1 Å². The second-order valence-corrected chi connectivity index (χ2v) is 7.98. The highest BCUT2D eigenvalue weighted by atomic mass is 16.5. The average molecular weight is 431 g/mol.